The second kappa shape index (κ2) is 6.57. The molecule has 0 fully saturated rings. The highest BCUT2D eigenvalue weighted by Crippen LogP contribution is 2.29. The van der Waals surface area contributed by atoms with Crippen molar-refractivity contribution in [3.8, 4) is 11.5 Å². The number of rotatable bonds is 5. The van der Waals surface area contributed by atoms with E-state index in [0.29, 0.717) is 17.3 Å². The Kier molecular flexibility index (Phi) is 4.80. The van der Waals surface area contributed by atoms with E-state index in [0.717, 1.165) is 16.9 Å². The zero-order chi connectivity index (χ0) is 13.7. The third-order valence-corrected chi connectivity index (χ3v) is 2.94. The molecule has 0 saturated carbocycles. The SMILES string of the molecule is CNCc1ccc(Cl)cc1Oc1cccc(CO)c1. The number of aliphatic hydroxyl groups excluding tert-OH is 1. The monoisotopic (exact) mass is 277 g/mol. The highest BCUT2D eigenvalue weighted by Gasteiger charge is 2.06. The van der Waals surface area contributed by atoms with Gasteiger partial charge in [0.15, 0.2) is 0 Å². The lowest BCUT2D eigenvalue weighted by molar-refractivity contribution is 0.281. The van der Waals surface area contributed by atoms with Crippen LogP contribution in [0.3, 0.4) is 0 Å². The Morgan fingerprint density at radius 1 is 1.21 bits per heavy atom. The Hall–Kier alpha value is -1.55. The highest BCUT2D eigenvalue weighted by atomic mass is 35.5. The molecule has 0 aromatic heterocycles. The molecule has 0 atom stereocenters. The molecule has 0 saturated heterocycles. The maximum atomic E-state index is 9.12. The first-order valence-electron chi connectivity index (χ1n) is 6.03. The van der Waals surface area contributed by atoms with E-state index in [4.69, 9.17) is 21.4 Å². The number of benzene rings is 2. The summed E-state index contributed by atoms with van der Waals surface area (Å²) in [5.41, 5.74) is 1.84. The summed E-state index contributed by atoms with van der Waals surface area (Å²) in [5, 5.41) is 12.8. The van der Waals surface area contributed by atoms with Crippen LogP contribution in [0.5, 0.6) is 11.5 Å². The van der Waals surface area contributed by atoms with Gasteiger partial charge in [0, 0.05) is 17.1 Å². The molecule has 0 unspecified atom stereocenters. The van der Waals surface area contributed by atoms with Crippen LogP contribution >= 0.6 is 11.6 Å². The van der Waals surface area contributed by atoms with Crippen LogP contribution in [-0.4, -0.2) is 12.2 Å². The molecule has 100 valence electrons. The fraction of sp³-hybridized carbons (Fsp3) is 0.200. The summed E-state index contributed by atoms with van der Waals surface area (Å²) in [6, 6.07) is 12.9. The normalized spacial score (nSPS) is 10.5. The van der Waals surface area contributed by atoms with Gasteiger partial charge in [-0.1, -0.05) is 29.8 Å². The van der Waals surface area contributed by atoms with Crippen LogP contribution in [0.25, 0.3) is 0 Å². The van der Waals surface area contributed by atoms with Crippen molar-refractivity contribution >= 4 is 11.6 Å². The quantitative estimate of drug-likeness (QED) is 0.881. The Morgan fingerprint density at radius 2 is 2.05 bits per heavy atom. The van der Waals surface area contributed by atoms with Gasteiger partial charge in [0.25, 0.3) is 0 Å². The molecular weight excluding hydrogens is 262 g/mol. The molecule has 2 rings (SSSR count). The summed E-state index contributed by atoms with van der Waals surface area (Å²) < 4.78 is 5.85. The van der Waals surface area contributed by atoms with Crippen LogP contribution in [0.2, 0.25) is 5.02 Å². The molecule has 2 N–H and O–H groups in total. The van der Waals surface area contributed by atoms with Crippen LogP contribution in [0.15, 0.2) is 42.5 Å². The predicted molar refractivity (Wildman–Crippen MR) is 76.7 cm³/mol. The smallest absolute Gasteiger partial charge is 0.133 e. The fourth-order valence-corrected chi connectivity index (χ4v) is 1.96. The molecule has 0 heterocycles. The summed E-state index contributed by atoms with van der Waals surface area (Å²) in [5.74, 6) is 1.41. The lowest BCUT2D eigenvalue weighted by Gasteiger charge is -2.12. The average molecular weight is 278 g/mol. The summed E-state index contributed by atoms with van der Waals surface area (Å²) in [6.07, 6.45) is 0. The van der Waals surface area contributed by atoms with Crippen molar-refractivity contribution < 1.29 is 9.84 Å². The van der Waals surface area contributed by atoms with Crippen LogP contribution < -0.4 is 10.1 Å². The van der Waals surface area contributed by atoms with E-state index in [-0.39, 0.29) is 6.61 Å². The van der Waals surface area contributed by atoms with E-state index in [9.17, 15) is 0 Å². The number of ether oxygens (including phenoxy) is 1. The molecule has 2 aromatic carbocycles. The molecule has 0 aliphatic heterocycles. The molecule has 3 nitrogen and oxygen atoms in total. The molecule has 0 amide bonds. The third kappa shape index (κ3) is 3.70. The Labute approximate surface area is 117 Å². The Balaban J connectivity index is 2.28. The van der Waals surface area contributed by atoms with Crippen LogP contribution in [0.1, 0.15) is 11.1 Å². The summed E-state index contributed by atoms with van der Waals surface area (Å²) in [7, 11) is 1.88. The number of nitrogens with one attached hydrogen (secondary N) is 1. The molecule has 19 heavy (non-hydrogen) atoms. The van der Waals surface area contributed by atoms with Crippen molar-refractivity contribution in [1.29, 1.82) is 0 Å². The second-order valence-electron chi connectivity index (χ2n) is 4.19. The van der Waals surface area contributed by atoms with Gasteiger partial charge >= 0.3 is 0 Å². The maximum Gasteiger partial charge on any atom is 0.133 e. The predicted octanol–water partition coefficient (Wildman–Crippen LogP) is 3.34. The molecule has 0 bridgehead atoms. The average Bonchev–Trinajstić information content (AvgIpc) is 2.42. The Morgan fingerprint density at radius 3 is 2.79 bits per heavy atom. The first-order chi connectivity index (χ1) is 9.22. The molecule has 4 heteroatoms. The van der Waals surface area contributed by atoms with Crippen molar-refractivity contribution in [2.24, 2.45) is 0 Å². The van der Waals surface area contributed by atoms with E-state index in [1.807, 2.05) is 43.4 Å². The van der Waals surface area contributed by atoms with Crippen LogP contribution in [0.4, 0.5) is 0 Å². The van der Waals surface area contributed by atoms with Gasteiger partial charge in [-0.3, -0.25) is 0 Å². The number of aliphatic hydroxyl groups is 1. The first-order valence-corrected chi connectivity index (χ1v) is 6.41. The van der Waals surface area contributed by atoms with Crippen LogP contribution in [-0.2, 0) is 13.2 Å². The van der Waals surface area contributed by atoms with Crippen molar-refractivity contribution in [3.63, 3.8) is 0 Å². The molecule has 0 spiro atoms. The van der Waals surface area contributed by atoms with Crippen molar-refractivity contribution in [1.82, 2.24) is 5.32 Å². The van der Waals surface area contributed by atoms with E-state index in [2.05, 4.69) is 5.32 Å². The van der Waals surface area contributed by atoms with E-state index >= 15 is 0 Å². The van der Waals surface area contributed by atoms with Crippen molar-refractivity contribution in [2.75, 3.05) is 7.05 Å². The minimum absolute atomic E-state index is 0.00385. The molecule has 0 aliphatic carbocycles. The van der Waals surface area contributed by atoms with Crippen molar-refractivity contribution in [2.45, 2.75) is 13.2 Å². The van der Waals surface area contributed by atoms with E-state index in [1.54, 1.807) is 6.07 Å². The van der Waals surface area contributed by atoms with Gasteiger partial charge in [-0.15, -0.1) is 0 Å². The minimum atomic E-state index is -0.00385. The van der Waals surface area contributed by atoms with E-state index < -0.39 is 0 Å². The van der Waals surface area contributed by atoms with Crippen LogP contribution in [0, 0.1) is 0 Å². The second-order valence-corrected chi connectivity index (χ2v) is 4.63. The fourth-order valence-electron chi connectivity index (χ4n) is 1.79. The molecule has 0 aliphatic rings. The standard InChI is InChI=1S/C15H16ClNO2/c1-17-9-12-5-6-13(16)8-15(12)19-14-4-2-3-11(7-14)10-18/h2-8,17-18H,9-10H2,1H3. The summed E-state index contributed by atoms with van der Waals surface area (Å²) >= 11 is 6.00. The topological polar surface area (TPSA) is 41.5 Å². The largest absolute Gasteiger partial charge is 0.457 e. The van der Waals surface area contributed by atoms with E-state index in [1.165, 1.54) is 0 Å². The zero-order valence-electron chi connectivity index (χ0n) is 10.7. The number of hydrogen-bond acceptors (Lipinski definition) is 3. The van der Waals surface area contributed by atoms with Gasteiger partial charge < -0.3 is 15.2 Å². The zero-order valence-corrected chi connectivity index (χ0v) is 11.4. The number of halogens is 1. The van der Waals surface area contributed by atoms with Gasteiger partial charge in [-0.25, -0.2) is 0 Å². The molecular formula is C15H16ClNO2. The van der Waals surface area contributed by atoms with Gasteiger partial charge in [-0.05, 0) is 36.9 Å². The maximum absolute atomic E-state index is 9.12. The highest BCUT2D eigenvalue weighted by molar-refractivity contribution is 6.30. The van der Waals surface area contributed by atoms with Gasteiger partial charge in [0.2, 0.25) is 0 Å². The van der Waals surface area contributed by atoms with Gasteiger partial charge in [0.05, 0.1) is 6.61 Å². The molecule has 0 radical (unpaired) electrons. The van der Waals surface area contributed by atoms with Gasteiger partial charge in [-0.2, -0.15) is 0 Å². The lowest BCUT2D eigenvalue weighted by Crippen LogP contribution is -2.06. The summed E-state index contributed by atoms with van der Waals surface area (Å²) in [4.78, 5) is 0. The Bertz CT molecular complexity index is 558. The number of hydrogen-bond donors (Lipinski definition) is 2. The lowest BCUT2D eigenvalue weighted by atomic mass is 10.2. The van der Waals surface area contributed by atoms with Gasteiger partial charge in [0.1, 0.15) is 11.5 Å². The molecule has 2 aromatic rings. The first kappa shape index (κ1) is 13.9. The third-order valence-electron chi connectivity index (χ3n) is 2.71. The minimum Gasteiger partial charge on any atom is -0.457 e. The summed E-state index contributed by atoms with van der Waals surface area (Å²) in [6.45, 7) is 0.697. The van der Waals surface area contributed by atoms with Crippen molar-refractivity contribution in [3.05, 3.63) is 58.6 Å².